The van der Waals surface area contributed by atoms with Crippen molar-refractivity contribution in [1.29, 1.82) is 0 Å². The Morgan fingerprint density at radius 3 is 2.90 bits per heavy atom. The summed E-state index contributed by atoms with van der Waals surface area (Å²) in [6.07, 6.45) is 1.51. The standard InChI is InChI=1S/C11H16N6O2S/c1-9(13-5-6-20(12,18)19)10-3-2-4-11(7-10)17-8-14-15-16-17/h2-4,7-9,13H,5-6H2,1H3,(H2,12,18,19). The normalized spacial score (nSPS) is 13.3. The lowest BCUT2D eigenvalue weighted by Gasteiger charge is -2.14. The van der Waals surface area contributed by atoms with Crippen LogP contribution in [0.25, 0.3) is 5.69 Å². The molecule has 1 atom stereocenters. The highest BCUT2D eigenvalue weighted by Crippen LogP contribution is 2.15. The number of hydrogen-bond donors (Lipinski definition) is 2. The van der Waals surface area contributed by atoms with E-state index < -0.39 is 10.0 Å². The van der Waals surface area contributed by atoms with Gasteiger partial charge in [-0.15, -0.1) is 5.10 Å². The number of aromatic nitrogens is 4. The largest absolute Gasteiger partial charge is 0.309 e. The van der Waals surface area contributed by atoms with Gasteiger partial charge in [-0.25, -0.2) is 18.2 Å². The summed E-state index contributed by atoms with van der Waals surface area (Å²) in [5, 5.41) is 19.1. The molecule has 0 aliphatic heterocycles. The van der Waals surface area contributed by atoms with Gasteiger partial charge in [0, 0.05) is 12.6 Å². The molecule has 20 heavy (non-hydrogen) atoms. The molecule has 0 aliphatic carbocycles. The zero-order chi connectivity index (χ0) is 14.6. The summed E-state index contributed by atoms with van der Waals surface area (Å²) in [4.78, 5) is 0. The minimum Gasteiger partial charge on any atom is -0.309 e. The molecule has 108 valence electrons. The Labute approximate surface area is 117 Å². The summed E-state index contributed by atoms with van der Waals surface area (Å²) in [5.41, 5.74) is 1.85. The third-order valence-electron chi connectivity index (χ3n) is 2.82. The summed E-state index contributed by atoms with van der Waals surface area (Å²) in [6, 6.07) is 7.65. The molecule has 0 saturated heterocycles. The van der Waals surface area contributed by atoms with Crippen molar-refractivity contribution in [3.63, 3.8) is 0 Å². The molecule has 1 unspecified atom stereocenters. The van der Waals surface area contributed by atoms with Crippen molar-refractivity contribution < 1.29 is 8.42 Å². The monoisotopic (exact) mass is 296 g/mol. The van der Waals surface area contributed by atoms with Gasteiger partial charge in [0.2, 0.25) is 10.0 Å². The number of nitrogens with two attached hydrogens (primary N) is 1. The molecule has 2 rings (SSSR count). The Morgan fingerprint density at radius 2 is 2.25 bits per heavy atom. The van der Waals surface area contributed by atoms with Gasteiger partial charge in [0.25, 0.3) is 0 Å². The van der Waals surface area contributed by atoms with Crippen molar-refractivity contribution in [2.75, 3.05) is 12.3 Å². The van der Waals surface area contributed by atoms with E-state index in [1.54, 1.807) is 4.68 Å². The van der Waals surface area contributed by atoms with E-state index in [1.165, 1.54) is 6.33 Å². The van der Waals surface area contributed by atoms with Crippen LogP contribution < -0.4 is 10.5 Å². The molecule has 1 aromatic carbocycles. The van der Waals surface area contributed by atoms with Crippen molar-refractivity contribution in [3.8, 4) is 5.69 Å². The second-order valence-corrected chi connectivity index (χ2v) is 6.13. The molecule has 9 heteroatoms. The van der Waals surface area contributed by atoms with Crippen LogP contribution in [-0.4, -0.2) is 40.9 Å². The minimum atomic E-state index is -3.44. The van der Waals surface area contributed by atoms with E-state index in [1.807, 2.05) is 31.2 Å². The second-order valence-electron chi connectivity index (χ2n) is 4.39. The van der Waals surface area contributed by atoms with Gasteiger partial charge >= 0.3 is 0 Å². The Morgan fingerprint density at radius 1 is 1.45 bits per heavy atom. The number of primary sulfonamides is 1. The third-order valence-corrected chi connectivity index (χ3v) is 3.59. The van der Waals surface area contributed by atoms with E-state index in [9.17, 15) is 8.42 Å². The highest BCUT2D eigenvalue weighted by Gasteiger charge is 2.08. The summed E-state index contributed by atoms with van der Waals surface area (Å²) in [5.74, 6) is -0.0932. The van der Waals surface area contributed by atoms with Gasteiger partial charge in [0.1, 0.15) is 6.33 Å². The molecule has 1 heterocycles. The molecule has 1 aromatic heterocycles. The summed E-state index contributed by atoms with van der Waals surface area (Å²) < 4.78 is 23.3. The Kier molecular flexibility index (Phi) is 4.42. The lowest BCUT2D eigenvalue weighted by Crippen LogP contribution is -2.28. The van der Waals surface area contributed by atoms with Crippen molar-refractivity contribution >= 4 is 10.0 Å². The number of nitrogens with one attached hydrogen (secondary N) is 1. The van der Waals surface area contributed by atoms with Gasteiger partial charge in [0.15, 0.2) is 0 Å². The topological polar surface area (TPSA) is 116 Å². The maximum absolute atomic E-state index is 10.9. The lowest BCUT2D eigenvalue weighted by molar-refractivity contribution is 0.573. The quantitative estimate of drug-likeness (QED) is 0.749. The Balaban J connectivity index is 2.03. The summed E-state index contributed by atoms with van der Waals surface area (Å²) >= 11 is 0. The lowest BCUT2D eigenvalue weighted by atomic mass is 10.1. The van der Waals surface area contributed by atoms with E-state index in [2.05, 4.69) is 20.8 Å². The fraction of sp³-hybridized carbons (Fsp3) is 0.364. The van der Waals surface area contributed by atoms with Crippen LogP contribution in [0, 0.1) is 0 Å². The van der Waals surface area contributed by atoms with Crippen LogP contribution in [0.5, 0.6) is 0 Å². The van der Waals surface area contributed by atoms with E-state index in [4.69, 9.17) is 5.14 Å². The average molecular weight is 296 g/mol. The van der Waals surface area contributed by atoms with Crippen molar-refractivity contribution in [2.24, 2.45) is 5.14 Å². The second kappa shape index (κ2) is 6.07. The zero-order valence-corrected chi connectivity index (χ0v) is 11.8. The molecule has 2 aromatic rings. The van der Waals surface area contributed by atoms with Crippen molar-refractivity contribution in [1.82, 2.24) is 25.5 Å². The molecular weight excluding hydrogens is 280 g/mol. The predicted octanol–water partition coefficient (Wildman–Crippen LogP) is -0.399. The van der Waals surface area contributed by atoms with Crippen molar-refractivity contribution in [2.45, 2.75) is 13.0 Å². The van der Waals surface area contributed by atoms with Crippen LogP contribution in [0.4, 0.5) is 0 Å². The first-order valence-corrected chi connectivity index (χ1v) is 7.74. The van der Waals surface area contributed by atoms with Crippen LogP contribution in [0.2, 0.25) is 0 Å². The van der Waals surface area contributed by atoms with E-state index in [0.29, 0.717) is 6.54 Å². The minimum absolute atomic E-state index is 0.00631. The fourth-order valence-electron chi connectivity index (χ4n) is 1.75. The molecule has 8 nitrogen and oxygen atoms in total. The number of nitrogens with zero attached hydrogens (tertiary/aromatic N) is 4. The molecule has 0 fully saturated rings. The summed E-state index contributed by atoms with van der Waals surface area (Å²) in [6.45, 7) is 2.25. The number of sulfonamides is 1. The van der Waals surface area contributed by atoms with Crippen LogP contribution in [-0.2, 0) is 10.0 Å². The highest BCUT2D eigenvalue weighted by molar-refractivity contribution is 7.89. The first-order valence-electron chi connectivity index (χ1n) is 6.03. The maximum Gasteiger partial charge on any atom is 0.210 e. The highest BCUT2D eigenvalue weighted by atomic mass is 32.2. The van der Waals surface area contributed by atoms with Crippen LogP contribution in [0.1, 0.15) is 18.5 Å². The maximum atomic E-state index is 10.9. The van der Waals surface area contributed by atoms with Gasteiger partial charge in [0.05, 0.1) is 11.4 Å². The Hall–Kier alpha value is -1.84. The fourth-order valence-corrected chi connectivity index (χ4v) is 2.15. The van der Waals surface area contributed by atoms with Crippen LogP contribution >= 0.6 is 0 Å². The molecule has 0 aliphatic rings. The molecule has 3 N–H and O–H groups in total. The average Bonchev–Trinajstić information content (AvgIpc) is 2.91. The molecule has 0 amide bonds. The number of hydrogen-bond acceptors (Lipinski definition) is 6. The number of tetrazole rings is 1. The first-order chi connectivity index (χ1) is 9.46. The van der Waals surface area contributed by atoms with E-state index in [0.717, 1.165) is 11.3 Å². The molecule has 0 radical (unpaired) electrons. The molecule has 0 saturated carbocycles. The summed E-state index contributed by atoms with van der Waals surface area (Å²) in [7, 11) is -3.44. The SMILES string of the molecule is CC(NCCS(N)(=O)=O)c1cccc(-n2cnnn2)c1. The van der Waals surface area contributed by atoms with Crippen LogP contribution in [0.3, 0.4) is 0 Å². The van der Waals surface area contributed by atoms with Crippen LogP contribution in [0.15, 0.2) is 30.6 Å². The van der Waals surface area contributed by atoms with Gasteiger partial charge in [-0.05, 0) is 35.0 Å². The Bertz CT molecular complexity index is 655. The molecule has 0 bridgehead atoms. The van der Waals surface area contributed by atoms with Crippen molar-refractivity contribution in [3.05, 3.63) is 36.2 Å². The predicted molar refractivity (Wildman–Crippen MR) is 73.5 cm³/mol. The van der Waals surface area contributed by atoms with Gasteiger partial charge in [-0.1, -0.05) is 12.1 Å². The van der Waals surface area contributed by atoms with Gasteiger partial charge in [-0.2, -0.15) is 0 Å². The molecular formula is C11H16N6O2S. The third kappa shape index (κ3) is 4.08. The first kappa shape index (κ1) is 14.6. The van der Waals surface area contributed by atoms with Gasteiger partial charge in [-0.3, -0.25) is 0 Å². The smallest absolute Gasteiger partial charge is 0.210 e. The van der Waals surface area contributed by atoms with E-state index >= 15 is 0 Å². The molecule has 0 spiro atoms. The number of benzene rings is 1. The zero-order valence-electron chi connectivity index (χ0n) is 11.0. The van der Waals surface area contributed by atoms with E-state index in [-0.39, 0.29) is 11.8 Å². The van der Waals surface area contributed by atoms with Gasteiger partial charge < -0.3 is 5.32 Å². The number of rotatable bonds is 6.